The molecule has 0 aromatic heterocycles. The Labute approximate surface area is 385 Å². The number of nitro groups is 2. The maximum absolute atomic E-state index is 13.2. The molecule has 0 bridgehead atoms. The number of nitrogens with zero attached hydrogens (tertiary/aromatic N) is 6. The molecule has 23 heteroatoms. The highest BCUT2D eigenvalue weighted by atomic mass is 32.2. The minimum absolute atomic E-state index is 0.00296. The van der Waals surface area contributed by atoms with E-state index in [1.165, 1.54) is 69.3 Å². The van der Waals surface area contributed by atoms with Crippen LogP contribution in [-0.2, 0) is 41.9 Å². The number of carbonyl (C=O) groups excluding carboxylic acids is 6. The SMILES string of the molecule is O=C(NO)C1CN(C(=O)/C=C/c2ccc(Sc3ccc(/C=C/C(=O)N4CCN(C(=O)OCc5ccccc5)C(C(=O)NO)C4)cc3[N+](=O)[O-])c([N+](=O)[O-])c2)CCN1C(=O)OCc1ccccc1. The van der Waals surface area contributed by atoms with Crippen molar-refractivity contribution < 1.29 is 58.5 Å². The summed E-state index contributed by atoms with van der Waals surface area (Å²) >= 11 is 0.745. The molecule has 2 heterocycles. The molecule has 6 rings (SSSR count). The van der Waals surface area contributed by atoms with E-state index < -0.39 is 69.1 Å². The lowest BCUT2D eigenvalue weighted by molar-refractivity contribution is -0.388. The van der Waals surface area contributed by atoms with Gasteiger partial charge >= 0.3 is 12.2 Å². The highest BCUT2D eigenvalue weighted by Gasteiger charge is 2.39. The molecule has 4 N–H and O–H groups in total. The van der Waals surface area contributed by atoms with Crippen molar-refractivity contribution in [1.82, 2.24) is 30.6 Å². The average molecular weight is 939 g/mol. The van der Waals surface area contributed by atoms with Crippen LogP contribution in [0.5, 0.6) is 0 Å². The van der Waals surface area contributed by atoms with Gasteiger partial charge in [-0.3, -0.25) is 59.6 Å². The molecule has 22 nitrogen and oxygen atoms in total. The minimum Gasteiger partial charge on any atom is -0.445 e. The molecule has 4 aromatic rings. The summed E-state index contributed by atoms with van der Waals surface area (Å²) in [4.78, 5) is 105. The Bertz CT molecular complexity index is 2410. The lowest BCUT2D eigenvalue weighted by Gasteiger charge is -2.39. The minimum atomic E-state index is -1.29. The molecule has 2 saturated heterocycles. The summed E-state index contributed by atoms with van der Waals surface area (Å²) in [5.41, 5.74) is 4.03. The number of rotatable bonds is 14. The Kier molecular flexibility index (Phi) is 16.3. The van der Waals surface area contributed by atoms with Gasteiger partial charge in [0, 0.05) is 50.5 Å². The van der Waals surface area contributed by atoms with Gasteiger partial charge in [-0.15, -0.1) is 0 Å². The van der Waals surface area contributed by atoms with Crippen LogP contribution in [0.4, 0.5) is 21.0 Å². The quantitative estimate of drug-likeness (QED) is 0.0590. The Hall–Kier alpha value is -8.15. The largest absolute Gasteiger partial charge is 0.445 e. The molecule has 2 unspecified atom stereocenters. The predicted octanol–water partition coefficient (Wildman–Crippen LogP) is 4.39. The van der Waals surface area contributed by atoms with Crippen LogP contribution in [0.3, 0.4) is 0 Å². The van der Waals surface area contributed by atoms with E-state index in [0.717, 1.165) is 33.7 Å². The van der Waals surface area contributed by atoms with Crippen molar-refractivity contribution in [1.29, 1.82) is 0 Å². The van der Waals surface area contributed by atoms with Crippen LogP contribution in [0, 0.1) is 20.2 Å². The number of nitro benzene ring substituents is 2. The summed E-state index contributed by atoms with van der Waals surface area (Å²) in [7, 11) is 0. The number of carbonyl (C=O) groups is 6. The molecule has 0 radical (unpaired) electrons. The predicted molar refractivity (Wildman–Crippen MR) is 236 cm³/mol. The van der Waals surface area contributed by atoms with Crippen LogP contribution >= 0.6 is 11.8 Å². The number of amides is 6. The molecule has 2 aliphatic heterocycles. The van der Waals surface area contributed by atoms with Crippen LogP contribution in [-0.4, -0.2) is 127 Å². The van der Waals surface area contributed by atoms with E-state index >= 15 is 0 Å². The van der Waals surface area contributed by atoms with Gasteiger partial charge in [-0.1, -0.05) is 84.6 Å². The Morgan fingerprint density at radius 3 is 1.36 bits per heavy atom. The van der Waals surface area contributed by atoms with Gasteiger partial charge in [-0.25, -0.2) is 20.5 Å². The van der Waals surface area contributed by atoms with E-state index in [1.807, 2.05) is 0 Å². The molecule has 2 aliphatic rings. The Morgan fingerprint density at radius 1 is 0.612 bits per heavy atom. The molecule has 0 spiro atoms. The molecule has 348 valence electrons. The smallest absolute Gasteiger partial charge is 0.410 e. The van der Waals surface area contributed by atoms with E-state index in [4.69, 9.17) is 9.47 Å². The molecular formula is C44H42N8O14S. The number of hydroxylamine groups is 2. The fraction of sp³-hybridized carbons (Fsp3) is 0.227. The third kappa shape index (κ3) is 12.6. The zero-order chi connectivity index (χ0) is 48.0. The van der Waals surface area contributed by atoms with Gasteiger partial charge in [0.15, 0.2) is 0 Å². The normalized spacial score (nSPS) is 16.1. The van der Waals surface area contributed by atoms with Crippen LogP contribution in [0.15, 0.2) is 119 Å². The second kappa shape index (κ2) is 22.7. The lowest BCUT2D eigenvalue weighted by atomic mass is 10.1. The maximum atomic E-state index is 13.2. The van der Waals surface area contributed by atoms with Crippen molar-refractivity contribution in [2.24, 2.45) is 0 Å². The van der Waals surface area contributed by atoms with Crippen LogP contribution in [0.1, 0.15) is 22.3 Å². The highest BCUT2D eigenvalue weighted by molar-refractivity contribution is 7.99. The van der Waals surface area contributed by atoms with Gasteiger partial charge in [-0.2, -0.15) is 0 Å². The highest BCUT2D eigenvalue weighted by Crippen LogP contribution is 2.40. The number of hydrogen-bond acceptors (Lipinski definition) is 15. The van der Waals surface area contributed by atoms with E-state index in [2.05, 4.69) is 0 Å². The number of hydrogen-bond donors (Lipinski definition) is 4. The summed E-state index contributed by atoms with van der Waals surface area (Å²) in [5.74, 6) is -3.09. The zero-order valence-electron chi connectivity index (χ0n) is 35.2. The van der Waals surface area contributed by atoms with Crippen LogP contribution in [0.25, 0.3) is 12.2 Å². The first-order valence-corrected chi connectivity index (χ1v) is 21.1. The summed E-state index contributed by atoms with van der Waals surface area (Å²) in [5, 5.41) is 43.1. The van der Waals surface area contributed by atoms with Crippen molar-refractivity contribution in [2.45, 2.75) is 35.1 Å². The fourth-order valence-electron chi connectivity index (χ4n) is 7.00. The third-order valence-electron chi connectivity index (χ3n) is 10.5. The van der Waals surface area contributed by atoms with Crippen molar-refractivity contribution in [3.63, 3.8) is 0 Å². The van der Waals surface area contributed by atoms with Crippen molar-refractivity contribution in [2.75, 3.05) is 39.3 Å². The van der Waals surface area contributed by atoms with Crippen molar-refractivity contribution in [3.05, 3.63) is 152 Å². The van der Waals surface area contributed by atoms with E-state index in [-0.39, 0.29) is 73.4 Å². The fourth-order valence-corrected chi connectivity index (χ4v) is 7.99. The van der Waals surface area contributed by atoms with Crippen LogP contribution in [0.2, 0.25) is 0 Å². The number of piperazine rings is 2. The topological polar surface area (TPSA) is 285 Å². The molecule has 2 fully saturated rings. The van der Waals surface area contributed by atoms with Gasteiger partial charge in [0.25, 0.3) is 23.2 Å². The van der Waals surface area contributed by atoms with Gasteiger partial charge in [0.1, 0.15) is 25.3 Å². The standard InChI is InChI=1S/C44H42N8O14S/c53-39(47-19-21-49(35(25-47)41(55)45-59)43(57)65-27-31-7-3-1-4-8-31)17-13-29-11-15-37(33(23-29)51(61)62)67-38-16-12-30(24-34(38)52(63)64)14-18-40(54)48-20-22-50(36(26-48)42(56)46-60)44(58)66-28-32-9-5-2-6-10-32/h1-18,23-24,35-36,59-60H,19-22,25-28H2,(H,45,55)(H,46,56)/b17-13+,18-14+. The number of ether oxygens (including phenoxy) is 2. The molecule has 6 amide bonds. The zero-order valence-corrected chi connectivity index (χ0v) is 36.1. The molecule has 2 atom stereocenters. The second-order valence-electron chi connectivity index (χ2n) is 14.8. The first kappa shape index (κ1) is 48.3. The lowest BCUT2D eigenvalue weighted by Crippen LogP contribution is -2.61. The van der Waals surface area contributed by atoms with E-state index in [1.54, 1.807) is 60.7 Å². The molecule has 0 saturated carbocycles. The first-order valence-electron chi connectivity index (χ1n) is 20.3. The summed E-state index contributed by atoms with van der Waals surface area (Å²) in [6.45, 7) is -0.946. The number of benzene rings is 4. The third-order valence-corrected chi connectivity index (χ3v) is 11.6. The molecule has 4 aromatic carbocycles. The molecular weight excluding hydrogens is 897 g/mol. The summed E-state index contributed by atoms with van der Waals surface area (Å²) in [6.07, 6.45) is 3.20. The first-order chi connectivity index (χ1) is 32.3. The van der Waals surface area contributed by atoms with Crippen LogP contribution < -0.4 is 11.0 Å². The van der Waals surface area contributed by atoms with E-state index in [9.17, 15) is 59.4 Å². The average Bonchev–Trinajstić information content (AvgIpc) is 3.35. The Balaban J connectivity index is 1.08. The van der Waals surface area contributed by atoms with Gasteiger partial charge in [-0.05, 0) is 46.5 Å². The Morgan fingerprint density at radius 2 is 1.00 bits per heavy atom. The summed E-state index contributed by atoms with van der Waals surface area (Å²) < 4.78 is 10.7. The van der Waals surface area contributed by atoms with Gasteiger partial charge in [0.05, 0.1) is 32.7 Å². The second-order valence-corrected chi connectivity index (χ2v) is 15.8. The summed E-state index contributed by atoms with van der Waals surface area (Å²) in [6, 6.07) is 23.0. The maximum Gasteiger partial charge on any atom is 0.410 e. The van der Waals surface area contributed by atoms with Gasteiger partial charge in [0.2, 0.25) is 11.8 Å². The molecule has 67 heavy (non-hydrogen) atoms. The monoisotopic (exact) mass is 938 g/mol. The number of nitrogens with one attached hydrogen (secondary N) is 2. The van der Waals surface area contributed by atoms with Crippen molar-refractivity contribution in [3.8, 4) is 0 Å². The van der Waals surface area contributed by atoms with E-state index in [0.29, 0.717) is 11.1 Å². The van der Waals surface area contributed by atoms with Crippen molar-refractivity contribution >= 4 is 71.1 Å². The van der Waals surface area contributed by atoms with Gasteiger partial charge < -0.3 is 19.3 Å². The molecule has 0 aliphatic carbocycles.